The number of rotatable bonds is 2. The lowest BCUT2D eigenvalue weighted by atomic mass is 9.74. The summed E-state index contributed by atoms with van der Waals surface area (Å²) < 4.78 is 0. The SMILES string of the molecule is CC1CN(CC2Cc3ccccc32)C2(CCCCC2)CN1. The van der Waals surface area contributed by atoms with E-state index in [0.717, 1.165) is 5.92 Å². The van der Waals surface area contributed by atoms with Gasteiger partial charge in [0.2, 0.25) is 0 Å². The van der Waals surface area contributed by atoms with Crippen LogP contribution in [0.2, 0.25) is 0 Å². The second-order valence-corrected chi connectivity index (χ2v) is 7.57. The van der Waals surface area contributed by atoms with E-state index in [1.54, 1.807) is 11.1 Å². The quantitative estimate of drug-likeness (QED) is 0.896. The minimum absolute atomic E-state index is 0.468. The molecule has 2 heteroatoms. The molecule has 2 unspecified atom stereocenters. The largest absolute Gasteiger partial charge is 0.311 e. The molecule has 0 bridgehead atoms. The molecule has 1 spiro atoms. The van der Waals surface area contributed by atoms with Gasteiger partial charge in [-0.2, -0.15) is 0 Å². The van der Waals surface area contributed by atoms with Crippen molar-refractivity contribution < 1.29 is 0 Å². The molecule has 0 radical (unpaired) electrons. The molecule has 2 nitrogen and oxygen atoms in total. The predicted octanol–water partition coefficient (Wildman–Crippen LogP) is 3.32. The van der Waals surface area contributed by atoms with E-state index in [9.17, 15) is 0 Å². The Hall–Kier alpha value is -0.860. The molecule has 1 heterocycles. The van der Waals surface area contributed by atoms with Gasteiger partial charge in [-0.15, -0.1) is 0 Å². The van der Waals surface area contributed by atoms with Crippen molar-refractivity contribution in [3.63, 3.8) is 0 Å². The van der Waals surface area contributed by atoms with E-state index in [1.807, 2.05) is 0 Å². The summed E-state index contributed by atoms with van der Waals surface area (Å²) in [6.07, 6.45) is 8.39. The highest BCUT2D eigenvalue weighted by Crippen LogP contribution is 2.40. The van der Waals surface area contributed by atoms with Gasteiger partial charge in [0.15, 0.2) is 0 Å². The molecule has 114 valence electrons. The molecule has 21 heavy (non-hydrogen) atoms. The monoisotopic (exact) mass is 284 g/mol. The predicted molar refractivity (Wildman–Crippen MR) is 87.7 cm³/mol. The van der Waals surface area contributed by atoms with E-state index < -0.39 is 0 Å². The van der Waals surface area contributed by atoms with Gasteiger partial charge in [0.25, 0.3) is 0 Å². The molecule has 0 aromatic heterocycles. The minimum Gasteiger partial charge on any atom is -0.311 e. The van der Waals surface area contributed by atoms with Crippen LogP contribution in [0.4, 0.5) is 0 Å². The molecule has 2 aliphatic carbocycles. The van der Waals surface area contributed by atoms with E-state index in [2.05, 4.69) is 41.4 Å². The number of nitrogens with zero attached hydrogens (tertiary/aromatic N) is 1. The van der Waals surface area contributed by atoms with Crippen molar-refractivity contribution in [1.29, 1.82) is 0 Å². The van der Waals surface area contributed by atoms with Gasteiger partial charge >= 0.3 is 0 Å². The summed E-state index contributed by atoms with van der Waals surface area (Å²) in [5.41, 5.74) is 3.67. The van der Waals surface area contributed by atoms with Gasteiger partial charge in [-0.25, -0.2) is 0 Å². The normalized spacial score (nSPS) is 31.7. The van der Waals surface area contributed by atoms with Crippen LogP contribution in [-0.4, -0.2) is 36.1 Å². The molecule has 1 aromatic rings. The van der Waals surface area contributed by atoms with Crippen molar-refractivity contribution in [2.45, 2.75) is 62.9 Å². The number of nitrogens with one attached hydrogen (secondary N) is 1. The summed E-state index contributed by atoms with van der Waals surface area (Å²) in [4.78, 5) is 2.87. The maximum Gasteiger partial charge on any atom is 0.0334 e. The fraction of sp³-hybridized carbons (Fsp3) is 0.684. The third-order valence-corrected chi connectivity index (χ3v) is 6.13. The fourth-order valence-electron chi connectivity index (χ4n) is 4.83. The second kappa shape index (κ2) is 5.40. The zero-order chi connectivity index (χ0) is 14.3. The van der Waals surface area contributed by atoms with Crippen LogP contribution in [0.1, 0.15) is 56.1 Å². The lowest BCUT2D eigenvalue weighted by Crippen LogP contribution is -2.65. The van der Waals surface area contributed by atoms with E-state index in [4.69, 9.17) is 0 Å². The summed E-state index contributed by atoms with van der Waals surface area (Å²) in [6.45, 7) is 6.07. The number of hydrogen-bond donors (Lipinski definition) is 1. The number of piperazine rings is 1. The zero-order valence-electron chi connectivity index (χ0n) is 13.3. The average Bonchev–Trinajstić information content (AvgIpc) is 2.49. The van der Waals surface area contributed by atoms with Crippen LogP contribution in [0.5, 0.6) is 0 Å². The van der Waals surface area contributed by atoms with Crippen molar-refractivity contribution in [2.75, 3.05) is 19.6 Å². The van der Waals surface area contributed by atoms with Crippen molar-refractivity contribution in [1.82, 2.24) is 10.2 Å². The van der Waals surface area contributed by atoms with Crippen molar-refractivity contribution in [3.8, 4) is 0 Å². The lowest BCUT2D eigenvalue weighted by molar-refractivity contribution is 0.00657. The van der Waals surface area contributed by atoms with Gasteiger partial charge < -0.3 is 5.32 Å². The third kappa shape index (κ3) is 2.43. The number of benzene rings is 1. The maximum atomic E-state index is 3.76. The van der Waals surface area contributed by atoms with Crippen molar-refractivity contribution in [2.24, 2.45) is 0 Å². The Bertz CT molecular complexity index is 504. The maximum absolute atomic E-state index is 3.76. The Kier molecular flexibility index (Phi) is 3.55. The van der Waals surface area contributed by atoms with Crippen LogP contribution < -0.4 is 5.32 Å². The summed E-state index contributed by atoms with van der Waals surface area (Å²) >= 11 is 0. The highest BCUT2D eigenvalue weighted by molar-refractivity contribution is 5.40. The fourth-order valence-corrected chi connectivity index (χ4v) is 4.83. The Balaban J connectivity index is 1.51. The number of hydrogen-bond acceptors (Lipinski definition) is 2. The first-order valence-electron chi connectivity index (χ1n) is 8.83. The van der Waals surface area contributed by atoms with E-state index in [0.29, 0.717) is 11.6 Å². The summed E-state index contributed by atoms with van der Waals surface area (Å²) in [7, 11) is 0. The molecule has 1 saturated carbocycles. The molecule has 1 N–H and O–H groups in total. The standard InChI is InChI=1S/C19H28N2/c1-15-12-21(19(14-20-15)9-5-2-6-10-19)13-17-11-16-7-3-4-8-18(16)17/h3-4,7-8,15,17,20H,2,5-6,9-14H2,1H3. The molecule has 3 aliphatic rings. The molecular formula is C19H28N2. The number of fused-ring (bicyclic) bond motifs is 1. The van der Waals surface area contributed by atoms with Gasteiger partial charge in [-0.3, -0.25) is 4.90 Å². The van der Waals surface area contributed by atoms with Crippen LogP contribution in [0.3, 0.4) is 0 Å². The Morgan fingerprint density at radius 2 is 2.00 bits per heavy atom. The molecule has 2 fully saturated rings. The van der Waals surface area contributed by atoms with Gasteiger partial charge in [-0.1, -0.05) is 43.5 Å². The summed E-state index contributed by atoms with van der Waals surface area (Å²) in [5, 5.41) is 3.76. The van der Waals surface area contributed by atoms with Gasteiger partial charge in [0.05, 0.1) is 0 Å². The topological polar surface area (TPSA) is 15.3 Å². The van der Waals surface area contributed by atoms with Crippen LogP contribution in [0.25, 0.3) is 0 Å². The van der Waals surface area contributed by atoms with Crippen LogP contribution in [0, 0.1) is 0 Å². The summed E-state index contributed by atoms with van der Waals surface area (Å²) in [6, 6.07) is 9.70. The molecule has 0 amide bonds. The van der Waals surface area contributed by atoms with Crippen LogP contribution in [0.15, 0.2) is 24.3 Å². The first-order chi connectivity index (χ1) is 10.3. The van der Waals surface area contributed by atoms with Gasteiger partial charge in [0.1, 0.15) is 0 Å². The molecule has 4 rings (SSSR count). The van der Waals surface area contributed by atoms with Crippen molar-refractivity contribution in [3.05, 3.63) is 35.4 Å². The zero-order valence-corrected chi connectivity index (χ0v) is 13.3. The van der Waals surface area contributed by atoms with Crippen LogP contribution in [-0.2, 0) is 6.42 Å². The molecule has 1 aromatic carbocycles. The van der Waals surface area contributed by atoms with E-state index in [1.165, 1.54) is 58.2 Å². The van der Waals surface area contributed by atoms with Crippen LogP contribution >= 0.6 is 0 Å². The average molecular weight is 284 g/mol. The molecule has 1 saturated heterocycles. The second-order valence-electron chi connectivity index (χ2n) is 7.57. The highest BCUT2D eigenvalue weighted by Gasteiger charge is 2.43. The Labute approximate surface area is 128 Å². The highest BCUT2D eigenvalue weighted by atomic mass is 15.3. The minimum atomic E-state index is 0.468. The Morgan fingerprint density at radius 3 is 2.81 bits per heavy atom. The lowest BCUT2D eigenvalue weighted by Gasteiger charge is -2.53. The van der Waals surface area contributed by atoms with Crippen molar-refractivity contribution >= 4 is 0 Å². The third-order valence-electron chi connectivity index (χ3n) is 6.13. The molecular weight excluding hydrogens is 256 g/mol. The Morgan fingerprint density at radius 1 is 1.19 bits per heavy atom. The first-order valence-corrected chi connectivity index (χ1v) is 8.83. The molecule has 2 atom stereocenters. The van der Waals surface area contributed by atoms with E-state index in [-0.39, 0.29) is 0 Å². The van der Waals surface area contributed by atoms with E-state index >= 15 is 0 Å². The molecule has 1 aliphatic heterocycles. The summed E-state index contributed by atoms with van der Waals surface area (Å²) in [5.74, 6) is 0.783. The van der Waals surface area contributed by atoms with Gasteiger partial charge in [0, 0.05) is 37.1 Å². The smallest absolute Gasteiger partial charge is 0.0334 e. The first kappa shape index (κ1) is 13.8. The van der Waals surface area contributed by atoms with Gasteiger partial charge in [-0.05, 0) is 37.3 Å².